The molecule has 0 aromatic heterocycles. The number of hydrogen-bond acceptors (Lipinski definition) is 8. The summed E-state index contributed by atoms with van der Waals surface area (Å²) in [5, 5.41) is 0. The summed E-state index contributed by atoms with van der Waals surface area (Å²) in [6, 6.07) is 4.89. The van der Waals surface area contributed by atoms with Crippen molar-refractivity contribution in [3.05, 3.63) is 28.7 Å². The van der Waals surface area contributed by atoms with Crippen LogP contribution in [-0.2, 0) is 38.2 Å². The van der Waals surface area contributed by atoms with Crippen LogP contribution in [0.1, 0.15) is 54.4 Å². The van der Waals surface area contributed by atoms with Crippen molar-refractivity contribution in [2.24, 2.45) is 11.3 Å². The van der Waals surface area contributed by atoms with Crippen LogP contribution in [0.25, 0.3) is 0 Å². The minimum Gasteiger partial charge on any atom is -0.467 e. The average Bonchev–Trinajstić information content (AvgIpc) is 3.12. The normalized spacial score (nSPS) is 19.8. The van der Waals surface area contributed by atoms with Gasteiger partial charge in [0.2, 0.25) is 5.91 Å². The quantitative estimate of drug-likeness (QED) is 0.357. The predicted octanol–water partition coefficient (Wildman–Crippen LogP) is 3.69. The van der Waals surface area contributed by atoms with E-state index in [-0.39, 0.29) is 24.3 Å². The Morgan fingerprint density at radius 2 is 1.66 bits per heavy atom. The van der Waals surface area contributed by atoms with Crippen molar-refractivity contribution in [3.63, 3.8) is 0 Å². The number of methoxy groups -OCH3 is 1. The summed E-state index contributed by atoms with van der Waals surface area (Å²) in [6.45, 7) is 10.5. The van der Waals surface area contributed by atoms with E-state index in [9.17, 15) is 22.8 Å². The lowest BCUT2D eigenvalue weighted by Crippen LogP contribution is -2.48. The number of likely N-dealkylation sites (tertiary alicyclic amines) is 1. The molecule has 1 amide bonds. The summed E-state index contributed by atoms with van der Waals surface area (Å²) in [6.07, 6.45) is -1.21. The Kier molecular flexibility index (Phi) is 9.16. The Balaban J connectivity index is 2.29. The van der Waals surface area contributed by atoms with Gasteiger partial charge in [-0.05, 0) is 50.5 Å². The van der Waals surface area contributed by atoms with E-state index in [1.54, 1.807) is 32.9 Å². The van der Waals surface area contributed by atoms with Crippen LogP contribution in [0, 0.1) is 11.3 Å². The number of carbonyl (C=O) groups excluding carboxylic acids is 3. The maximum atomic E-state index is 13.6. The smallest absolute Gasteiger partial charge is 0.328 e. The lowest BCUT2D eigenvalue weighted by Gasteiger charge is -2.34. The van der Waals surface area contributed by atoms with E-state index in [4.69, 9.17) is 13.7 Å². The van der Waals surface area contributed by atoms with E-state index in [1.165, 1.54) is 24.1 Å². The standard InChI is InChI=1S/C24H34BrNO8S/c1-23(2,3)18(13-20(27)33-24(4,5)6)21(28)26-14-16(12-19(26)22(29)32-7)34-35(30,31)17-10-8-15(25)9-11-17/h8-11,16,18-19H,12-14H2,1-7H3/t16-,18-,19+/m1/s1. The molecular formula is C24H34BrNO8S. The Hall–Kier alpha value is -1.98. The number of rotatable bonds is 7. The maximum absolute atomic E-state index is 13.6. The van der Waals surface area contributed by atoms with Crippen molar-refractivity contribution < 1.29 is 36.5 Å². The van der Waals surface area contributed by atoms with E-state index < -0.39 is 57.0 Å². The van der Waals surface area contributed by atoms with Crippen molar-refractivity contribution in [1.82, 2.24) is 4.90 Å². The van der Waals surface area contributed by atoms with Gasteiger partial charge in [0.1, 0.15) is 11.6 Å². The molecule has 9 nitrogen and oxygen atoms in total. The van der Waals surface area contributed by atoms with Crippen molar-refractivity contribution in [1.29, 1.82) is 0 Å². The molecule has 0 bridgehead atoms. The highest BCUT2D eigenvalue weighted by molar-refractivity contribution is 9.10. The molecule has 0 unspecified atom stereocenters. The summed E-state index contributed by atoms with van der Waals surface area (Å²) >= 11 is 3.25. The monoisotopic (exact) mass is 575 g/mol. The molecule has 0 aliphatic carbocycles. The molecule has 1 fully saturated rings. The largest absolute Gasteiger partial charge is 0.467 e. The molecule has 0 saturated carbocycles. The molecule has 0 spiro atoms. The summed E-state index contributed by atoms with van der Waals surface area (Å²) in [7, 11) is -2.94. The zero-order valence-electron chi connectivity index (χ0n) is 21.2. The van der Waals surface area contributed by atoms with Gasteiger partial charge < -0.3 is 14.4 Å². The zero-order valence-corrected chi connectivity index (χ0v) is 23.6. The highest BCUT2D eigenvalue weighted by Crippen LogP contribution is 2.35. The molecule has 196 valence electrons. The molecule has 0 radical (unpaired) electrons. The first kappa shape index (κ1) is 29.3. The second-order valence-electron chi connectivity index (χ2n) is 10.6. The first-order valence-electron chi connectivity index (χ1n) is 11.2. The molecule has 35 heavy (non-hydrogen) atoms. The van der Waals surface area contributed by atoms with Crippen molar-refractivity contribution in [3.8, 4) is 0 Å². The number of amides is 1. The fourth-order valence-electron chi connectivity index (χ4n) is 3.82. The molecule has 1 saturated heterocycles. The fourth-order valence-corrected chi connectivity index (χ4v) is 5.16. The van der Waals surface area contributed by atoms with Gasteiger partial charge in [-0.15, -0.1) is 0 Å². The molecular weight excluding hydrogens is 542 g/mol. The van der Waals surface area contributed by atoms with Crippen LogP contribution in [0.15, 0.2) is 33.6 Å². The second kappa shape index (κ2) is 11.0. The number of nitrogens with zero attached hydrogens (tertiary/aromatic N) is 1. The van der Waals surface area contributed by atoms with E-state index in [1.807, 2.05) is 20.8 Å². The van der Waals surface area contributed by atoms with Gasteiger partial charge in [-0.1, -0.05) is 36.7 Å². The summed E-state index contributed by atoms with van der Waals surface area (Å²) < 4.78 is 41.9. The highest BCUT2D eigenvalue weighted by atomic mass is 79.9. The number of carbonyl (C=O) groups is 3. The molecule has 1 aliphatic rings. The van der Waals surface area contributed by atoms with Crippen LogP contribution < -0.4 is 0 Å². The van der Waals surface area contributed by atoms with Crippen LogP contribution in [0.2, 0.25) is 0 Å². The lowest BCUT2D eigenvalue weighted by molar-refractivity contribution is -0.162. The van der Waals surface area contributed by atoms with Crippen LogP contribution in [-0.4, -0.2) is 62.6 Å². The molecule has 2 rings (SSSR count). The topological polar surface area (TPSA) is 116 Å². The Morgan fingerprint density at radius 1 is 1.09 bits per heavy atom. The van der Waals surface area contributed by atoms with Crippen LogP contribution in [0.4, 0.5) is 0 Å². The molecule has 1 heterocycles. The van der Waals surface area contributed by atoms with Crippen molar-refractivity contribution >= 4 is 43.9 Å². The van der Waals surface area contributed by atoms with Gasteiger partial charge in [0, 0.05) is 17.4 Å². The Labute approximate surface area is 215 Å². The van der Waals surface area contributed by atoms with Gasteiger partial charge in [-0.2, -0.15) is 8.42 Å². The molecule has 1 aromatic rings. The lowest BCUT2D eigenvalue weighted by atomic mass is 9.77. The van der Waals surface area contributed by atoms with Gasteiger partial charge in [-0.3, -0.25) is 13.8 Å². The third-order valence-corrected chi connectivity index (χ3v) is 7.42. The van der Waals surface area contributed by atoms with E-state index in [2.05, 4.69) is 15.9 Å². The fraction of sp³-hybridized carbons (Fsp3) is 0.625. The SMILES string of the molecule is COC(=O)[C@@H]1C[C@@H](OS(=O)(=O)c2ccc(Br)cc2)CN1C(=O)[C@@H](CC(=O)OC(C)(C)C)C(C)(C)C. The first-order chi connectivity index (χ1) is 15.9. The van der Waals surface area contributed by atoms with E-state index in [0.29, 0.717) is 4.47 Å². The maximum Gasteiger partial charge on any atom is 0.328 e. The zero-order chi connectivity index (χ0) is 26.8. The second-order valence-corrected chi connectivity index (χ2v) is 13.1. The van der Waals surface area contributed by atoms with Crippen molar-refractivity contribution in [2.75, 3.05) is 13.7 Å². The minimum absolute atomic E-state index is 0.0439. The summed E-state index contributed by atoms with van der Waals surface area (Å²) in [4.78, 5) is 39.9. The van der Waals surface area contributed by atoms with Crippen LogP contribution in [0.5, 0.6) is 0 Å². The predicted molar refractivity (Wildman–Crippen MR) is 132 cm³/mol. The third-order valence-electron chi connectivity index (χ3n) is 5.52. The van der Waals surface area contributed by atoms with E-state index >= 15 is 0 Å². The van der Waals surface area contributed by atoms with Gasteiger partial charge in [0.25, 0.3) is 10.1 Å². The summed E-state index contributed by atoms with van der Waals surface area (Å²) in [5.74, 6) is -2.50. The number of ether oxygens (including phenoxy) is 2. The van der Waals surface area contributed by atoms with Gasteiger partial charge in [0.05, 0.1) is 30.4 Å². The molecule has 11 heteroatoms. The van der Waals surface area contributed by atoms with Crippen molar-refractivity contribution in [2.45, 2.75) is 77.0 Å². The number of esters is 2. The van der Waals surface area contributed by atoms with E-state index in [0.717, 1.165) is 0 Å². The van der Waals surface area contributed by atoms with Crippen LogP contribution in [0.3, 0.4) is 0 Å². The Bertz CT molecular complexity index is 1040. The minimum atomic E-state index is -4.14. The van der Waals surface area contributed by atoms with Gasteiger partial charge >= 0.3 is 11.9 Å². The average molecular weight is 577 g/mol. The van der Waals surface area contributed by atoms with Gasteiger partial charge in [-0.25, -0.2) is 4.79 Å². The summed E-state index contributed by atoms with van der Waals surface area (Å²) in [5.41, 5.74) is -1.36. The molecule has 1 aliphatic heterocycles. The van der Waals surface area contributed by atoms with Crippen LogP contribution >= 0.6 is 15.9 Å². The number of halogens is 1. The molecule has 0 N–H and O–H groups in total. The first-order valence-corrected chi connectivity index (χ1v) is 13.4. The number of hydrogen-bond donors (Lipinski definition) is 0. The molecule has 3 atom stereocenters. The third kappa shape index (κ3) is 8.01. The van der Waals surface area contributed by atoms with Gasteiger partial charge in [0.15, 0.2) is 0 Å². The Morgan fingerprint density at radius 3 is 2.14 bits per heavy atom. The highest BCUT2D eigenvalue weighted by Gasteiger charge is 2.47. The molecule has 1 aromatic carbocycles. The number of benzene rings is 1.